The van der Waals surface area contributed by atoms with E-state index in [0.717, 1.165) is 133 Å². The van der Waals surface area contributed by atoms with Gasteiger partial charge in [0.25, 0.3) is 11.7 Å². The predicted molar refractivity (Wildman–Crippen MR) is 256 cm³/mol. The van der Waals surface area contributed by atoms with Gasteiger partial charge in [0.15, 0.2) is 0 Å². The quantitative estimate of drug-likeness (QED) is 0.172. The zero-order valence-electron chi connectivity index (χ0n) is 35.1. The van der Waals surface area contributed by atoms with Gasteiger partial charge in [0.05, 0.1) is 55.6 Å². The zero-order valence-corrected chi connectivity index (χ0v) is 35.1. The van der Waals surface area contributed by atoms with Crippen molar-refractivity contribution in [2.24, 2.45) is 9.98 Å². The number of carboxylic acids is 2. The van der Waals surface area contributed by atoms with Crippen LogP contribution >= 0.6 is 0 Å². The van der Waals surface area contributed by atoms with E-state index in [9.17, 15) is 19.8 Å². The van der Waals surface area contributed by atoms with Gasteiger partial charge in [-0.3, -0.25) is 0 Å². The lowest BCUT2D eigenvalue weighted by Gasteiger charge is -2.41. The molecule has 0 saturated carbocycles. The molecule has 0 bridgehead atoms. The molecule has 16 rings (SSSR count). The molecule has 2 aromatic heterocycles. The number of aromatic carboxylic acids is 2. The first-order valence-electron chi connectivity index (χ1n) is 22.2. The molecule has 0 amide bonds. The van der Waals surface area contributed by atoms with Crippen molar-refractivity contribution in [3.05, 3.63) is 231 Å². The summed E-state index contributed by atoms with van der Waals surface area (Å²) in [6.45, 7) is 0. The fourth-order valence-corrected chi connectivity index (χ4v) is 12.1. The fourth-order valence-electron chi connectivity index (χ4n) is 12.1. The van der Waals surface area contributed by atoms with Gasteiger partial charge in [0, 0.05) is 21.5 Å². The minimum atomic E-state index is -1.24. The van der Waals surface area contributed by atoms with Crippen molar-refractivity contribution in [2.75, 3.05) is 0 Å². The van der Waals surface area contributed by atoms with Gasteiger partial charge in [0.2, 0.25) is 22.7 Å². The monoisotopic (exact) mass is 862 g/mol. The minimum Gasteiger partial charge on any atom is -0.478 e. The topological polar surface area (TPSA) is 115 Å². The first kappa shape index (κ1) is 35.1. The SMILES string of the molecule is O=C(O)c1ccc(C2=C3c4cc5ccccc5cc4C4=[N+]3C35n6c(c7ccccc7c62)N=C2c6ccccc6C(=[N+]23)N=c2c3cc6ccccc6cc3c(n25)=C4c2ccc(C(=O)O)cc2)cc1. The molecule has 10 nitrogen and oxygen atoms in total. The Balaban J connectivity index is 1.23. The molecule has 8 aromatic carbocycles. The lowest BCUT2D eigenvalue weighted by molar-refractivity contribution is -0.798. The van der Waals surface area contributed by atoms with Crippen LogP contribution in [0.15, 0.2) is 180 Å². The number of rotatable bonds is 4. The number of fused-ring (bicyclic) bond motifs is 14. The molecule has 6 aliphatic rings. The minimum absolute atomic E-state index is 0.198. The van der Waals surface area contributed by atoms with E-state index < -0.39 is 17.8 Å². The molecule has 0 saturated heterocycles. The molecule has 0 fully saturated rings. The van der Waals surface area contributed by atoms with Crippen molar-refractivity contribution in [1.82, 2.24) is 9.13 Å². The number of carboxylic acid groups (broad SMARTS) is 2. The number of nitrogens with zero attached hydrogens (tertiary/aromatic N) is 6. The van der Waals surface area contributed by atoms with Crippen molar-refractivity contribution < 1.29 is 29.0 Å². The van der Waals surface area contributed by atoms with Crippen molar-refractivity contribution >= 4 is 95.1 Å². The van der Waals surface area contributed by atoms with Gasteiger partial charge < -0.3 is 10.2 Å². The number of hydrogen-bond donors (Lipinski definition) is 2. The van der Waals surface area contributed by atoms with E-state index in [2.05, 4.69) is 140 Å². The van der Waals surface area contributed by atoms with Gasteiger partial charge >= 0.3 is 17.8 Å². The summed E-state index contributed by atoms with van der Waals surface area (Å²) in [7, 11) is 0. The Morgan fingerprint density at radius 1 is 0.493 bits per heavy atom. The van der Waals surface area contributed by atoms with Crippen LogP contribution in [0.1, 0.15) is 59.8 Å². The van der Waals surface area contributed by atoms with Crippen LogP contribution < -0.4 is 10.8 Å². The molecule has 0 aliphatic carbocycles. The third kappa shape index (κ3) is 3.97. The van der Waals surface area contributed by atoms with Gasteiger partial charge in [-0.1, -0.05) is 113 Å². The van der Waals surface area contributed by atoms with Gasteiger partial charge in [-0.25, -0.2) is 9.59 Å². The molecule has 310 valence electrons. The van der Waals surface area contributed by atoms with Crippen LogP contribution in [-0.4, -0.2) is 57.8 Å². The molecule has 2 N–H and O–H groups in total. The molecule has 8 heterocycles. The number of aliphatic imine (C=N–C) groups is 1. The Kier molecular flexibility index (Phi) is 6.13. The number of aromatic nitrogens is 2. The summed E-state index contributed by atoms with van der Waals surface area (Å²) < 4.78 is 9.72. The van der Waals surface area contributed by atoms with Crippen LogP contribution in [0.3, 0.4) is 0 Å². The van der Waals surface area contributed by atoms with Crippen LogP contribution in [0.25, 0.3) is 59.9 Å². The van der Waals surface area contributed by atoms with E-state index in [1.807, 2.05) is 24.3 Å². The number of amidine groups is 2. The second-order valence-electron chi connectivity index (χ2n) is 18.0. The summed E-state index contributed by atoms with van der Waals surface area (Å²) in [4.78, 5) is 36.3. The van der Waals surface area contributed by atoms with Gasteiger partial charge in [-0.05, 0) is 99.4 Å². The van der Waals surface area contributed by atoms with Crippen LogP contribution in [0, 0.1) is 0 Å². The molecular formula is C57H30N6O4+2. The van der Waals surface area contributed by atoms with E-state index in [1.165, 1.54) is 0 Å². The predicted octanol–water partition coefficient (Wildman–Crippen LogP) is 8.87. The third-order valence-corrected chi connectivity index (χ3v) is 14.8. The summed E-state index contributed by atoms with van der Waals surface area (Å²) in [5, 5.41) is 29.6. The number of benzene rings is 8. The second kappa shape index (κ2) is 11.7. The van der Waals surface area contributed by atoms with E-state index >= 15 is 0 Å². The highest BCUT2D eigenvalue weighted by Gasteiger charge is 2.73. The average molecular weight is 863 g/mol. The lowest BCUT2D eigenvalue weighted by atomic mass is 9.89. The number of carbonyl (C=O) groups is 2. The maximum atomic E-state index is 12.4. The Morgan fingerprint density at radius 3 is 1.70 bits per heavy atom. The second-order valence-corrected chi connectivity index (χ2v) is 18.0. The molecule has 1 unspecified atom stereocenters. The molecule has 10 aromatic rings. The molecule has 0 radical (unpaired) electrons. The van der Waals surface area contributed by atoms with Crippen molar-refractivity contribution in [3.63, 3.8) is 0 Å². The maximum Gasteiger partial charge on any atom is 0.482 e. The van der Waals surface area contributed by atoms with Gasteiger partial charge in [0.1, 0.15) is 0 Å². The van der Waals surface area contributed by atoms with Crippen LogP contribution in [0.4, 0.5) is 5.82 Å². The summed E-state index contributed by atoms with van der Waals surface area (Å²) >= 11 is 0. The summed E-state index contributed by atoms with van der Waals surface area (Å²) in [5.41, 5.74) is 11.6. The third-order valence-electron chi connectivity index (χ3n) is 14.8. The largest absolute Gasteiger partial charge is 0.482 e. The van der Waals surface area contributed by atoms with E-state index in [4.69, 9.17) is 9.98 Å². The van der Waals surface area contributed by atoms with E-state index in [0.29, 0.717) is 0 Å². The van der Waals surface area contributed by atoms with Crippen LogP contribution in [0.2, 0.25) is 0 Å². The Hall–Kier alpha value is -9.28. The maximum absolute atomic E-state index is 12.4. The van der Waals surface area contributed by atoms with Crippen molar-refractivity contribution in [2.45, 2.75) is 5.91 Å². The van der Waals surface area contributed by atoms with Crippen molar-refractivity contribution in [3.8, 4) is 0 Å². The normalized spacial score (nSPS) is 17.6. The summed E-state index contributed by atoms with van der Waals surface area (Å²) in [6, 6.07) is 57.5. The summed E-state index contributed by atoms with van der Waals surface area (Å²) in [6.07, 6.45) is 0. The first-order chi connectivity index (χ1) is 32.9. The molecule has 1 atom stereocenters. The zero-order chi connectivity index (χ0) is 44.2. The Morgan fingerprint density at radius 2 is 1.04 bits per heavy atom. The smallest absolute Gasteiger partial charge is 0.478 e. The average Bonchev–Trinajstić information content (AvgIpc) is 4.08. The Labute approximate surface area is 378 Å². The molecule has 6 aliphatic heterocycles. The van der Waals surface area contributed by atoms with Crippen LogP contribution in [-0.2, 0) is 5.91 Å². The molecular weight excluding hydrogens is 833 g/mol. The highest BCUT2D eigenvalue weighted by atomic mass is 16.4. The van der Waals surface area contributed by atoms with Gasteiger partial charge in [-0.2, -0.15) is 9.13 Å². The fraction of sp³-hybridized carbons (Fsp3) is 0.0175. The van der Waals surface area contributed by atoms with Gasteiger partial charge in [-0.15, -0.1) is 9.15 Å². The molecule has 67 heavy (non-hydrogen) atoms. The standard InChI is InChI=1S/C57H28N6O4/c64-55(65)31-21-17-29(18-22-31)45-47-37-13-5-6-14-38(37)51-58-52-39-15-7-8-16-40(39)53-59-54-44-28-36-12-4-3-11-35(36)27-43(44)50-46(30-19-23-32(24-20-30)56(66)67)49-42-26-34-10-2-1-9-33(34)25-41(42)48(45)60(49)57(61(47)51,62(50)54)63(52)53/h1-28H/p+2. The molecule has 10 heteroatoms. The van der Waals surface area contributed by atoms with Crippen LogP contribution in [0.5, 0.6) is 0 Å². The highest BCUT2D eigenvalue weighted by Crippen LogP contribution is 2.57. The first-order valence-corrected chi connectivity index (χ1v) is 22.2. The summed E-state index contributed by atoms with van der Waals surface area (Å²) in [5.74, 6) is -0.851. The number of hydrogen-bond acceptors (Lipinski definition) is 4. The highest BCUT2D eigenvalue weighted by molar-refractivity contribution is 6.35. The van der Waals surface area contributed by atoms with E-state index in [-0.39, 0.29) is 11.1 Å². The Bertz CT molecular complexity index is 4430. The van der Waals surface area contributed by atoms with Crippen molar-refractivity contribution in [1.29, 1.82) is 0 Å². The lowest BCUT2D eigenvalue weighted by Crippen LogP contribution is -2.71. The van der Waals surface area contributed by atoms with E-state index in [1.54, 1.807) is 24.3 Å². The molecule has 1 spiro atoms.